The summed E-state index contributed by atoms with van der Waals surface area (Å²) in [4.78, 5) is 12.0. The smallest absolute Gasteiger partial charge is 0.314 e. The summed E-state index contributed by atoms with van der Waals surface area (Å²) in [6, 6.07) is 2.01. The minimum absolute atomic E-state index is 0.695. The van der Waals surface area contributed by atoms with Crippen LogP contribution in [0.2, 0.25) is 0 Å². The first kappa shape index (κ1) is 15.4. The molecule has 4 heteroatoms. The van der Waals surface area contributed by atoms with Crippen LogP contribution < -0.4 is 4.74 Å². The minimum Gasteiger partial charge on any atom is -0.496 e. The van der Waals surface area contributed by atoms with Crippen molar-refractivity contribution in [2.24, 2.45) is 0 Å². The van der Waals surface area contributed by atoms with Gasteiger partial charge in [-0.2, -0.15) is 0 Å². The van der Waals surface area contributed by atoms with Crippen molar-refractivity contribution in [2.45, 2.75) is 51.4 Å². The zero-order valence-electron chi connectivity index (χ0n) is 12.3. The third kappa shape index (κ3) is 2.34. The van der Waals surface area contributed by atoms with Crippen molar-refractivity contribution in [3.63, 3.8) is 0 Å². The number of aliphatic carboxylic acids is 1. The predicted octanol–water partition coefficient (Wildman–Crippen LogP) is 4.36. The second kappa shape index (κ2) is 5.76. The Morgan fingerprint density at radius 3 is 2.40 bits per heavy atom. The first-order chi connectivity index (χ1) is 9.44. The van der Waals surface area contributed by atoms with E-state index >= 15 is 0 Å². The van der Waals surface area contributed by atoms with Gasteiger partial charge >= 0.3 is 5.97 Å². The molecule has 0 radical (unpaired) electrons. The van der Waals surface area contributed by atoms with Crippen molar-refractivity contribution >= 4 is 21.9 Å². The standard InChI is InChI=1S/C16H21BrO3/c1-10-9-12(17)11(2)14(20-3)13(10)16(15(18)19)7-5-4-6-8-16/h9H,4-8H2,1-3H3,(H,18,19). The van der Waals surface area contributed by atoms with Gasteiger partial charge in [0.15, 0.2) is 0 Å². The summed E-state index contributed by atoms with van der Waals surface area (Å²) < 4.78 is 6.54. The van der Waals surface area contributed by atoms with Crippen LogP contribution in [-0.2, 0) is 10.2 Å². The molecule has 0 aromatic heterocycles. The summed E-state index contributed by atoms with van der Waals surface area (Å²) in [5.74, 6) is 0.00139. The van der Waals surface area contributed by atoms with Gasteiger partial charge in [0.05, 0.1) is 12.5 Å². The fourth-order valence-corrected chi connectivity index (χ4v) is 3.95. The molecular formula is C16H21BrO3. The number of carboxylic acids is 1. The zero-order chi connectivity index (χ0) is 14.9. The van der Waals surface area contributed by atoms with Gasteiger partial charge in [0.2, 0.25) is 0 Å². The van der Waals surface area contributed by atoms with Crippen LogP contribution in [0, 0.1) is 13.8 Å². The Kier molecular flexibility index (Phi) is 4.43. The van der Waals surface area contributed by atoms with E-state index in [1.54, 1.807) is 7.11 Å². The van der Waals surface area contributed by atoms with Gasteiger partial charge in [0.1, 0.15) is 5.75 Å². The quantitative estimate of drug-likeness (QED) is 0.888. The van der Waals surface area contributed by atoms with Crippen molar-refractivity contribution in [3.05, 3.63) is 27.2 Å². The van der Waals surface area contributed by atoms with Crippen molar-refractivity contribution in [1.29, 1.82) is 0 Å². The van der Waals surface area contributed by atoms with Gasteiger partial charge in [-0.05, 0) is 38.3 Å². The van der Waals surface area contributed by atoms with E-state index in [1.807, 2.05) is 19.9 Å². The van der Waals surface area contributed by atoms with E-state index in [0.29, 0.717) is 12.8 Å². The van der Waals surface area contributed by atoms with E-state index in [-0.39, 0.29) is 0 Å². The maximum atomic E-state index is 12.0. The number of halogens is 1. The Balaban J connectivity index is 2.71. The number of hydrogen-bond donors (Lipinski definition) is 1. The molecule has 1 aromatic carbocycles. The largest absolute Gasteiger partial charge is 0.496 e. The number of carboxylic acid groups (broad SMARTS) is 1. The van der Waals surface area contributed by atoms with E-state index in [1.165, 1.54) is 0 Å². The maximum absolute atomic E-state index is 12.0. The van der Waals surface area contributed by atoms with Gasteiger partial charge in [0, 0.05) is 15.6 Å². The van der Waals surface area contributed by atoms with Gasteiger partial charge in [-0.3, -0.25) is 4.79 Å². The Bertz CT molecular complexity index is 531. The van der Waals surface area contributed by atoms with Crippen LogP contribution in [0.3, 0.4) is 0 Å². The average Bonchev–Trinajstić information content (AvgIpc) is 2.43. The normalized spacial score (nSPS) is 17.8. The van der Waals surface area contributed by atoms with E-state index in [9.17, 15) is 9.90 Å². The molecule has 110 valence electrons. The van der Waals surface area contributed by atoms with Crippen molar-refractivity contribution in [3.8, 4) is 5.75 Å². The highest BCUT2D eigenvalue weighted by Crippen LogP contribution is 2.47. The van der Waals surface area contributed by atoms with Gasteiger partial charge in [-0.15, -0.1) is 0 Å². The molecule has 1 fully saturated rings. The fourth-order valence-electron chi connectivity index (χ4n) is 3.42. The molecule has 1 aliphatic carbocycles. The molecule has 0 unspecified atom stereocenters. The molecule has 1 saturated carbocycles. The number of rotatable bonds is 3. The molecule has 0 atom stereocenters. The zero-order valence-corrected chi connectivity index (χ0v) is 13.8. The van der Waals surface area contributed by atoms with Gasteiger partial charge < -0.3 is 9.84 Å². The lowest BCUT2D eigenvalue weighted by molar-refractivity contribution is -0.145. The average molecular weight is 341 g/mol. The monoisotopic (exact) mass is 340 g/mol. The number of ether oxygens (including phenoxy) is 1. The van der Waals surface area contributed by atoms with Crippen LogP contribution in [0.1, 0.15) is 48.8 Å². The molecule has 0 aliphatic heterocycles. The van der Waals surface area contributed by atoms with E-state index in [2.05, 4.69) is 15.9 Å². The lowest BCUT2D eigenvalue weighted by atomic mass is 9.67. The highest BCUT2D eigenvalue weighted by molar-refractivity contribution is 9.10. The second-order valence-corrected chi connectivity index (χ2v) is 6.51. The molecule has 0 spiro atoms. The Morgan fingerprint density at radius 1 is 1.30 bits per heavy atom. The van der Waals surface area contributed by atoms with Crippen molar-refractivity contribution in [1.82, 2.24) is 0 Å². The Hall–Kier alpha value is -1.03. The third-order valence-electron chi connectivity index (χ3n) is 4.46. The van der Waals surface area contributed by atoms with Crippen molar-refractivity contribution in [2.75, 3.05) is 7.11 Å². The molecular weight excluding hydrogens is 320 g/mol. The molecule has 3 nitrogen and oxygen atoms in total. The van der Waals surface area contributed by atoms with Crippen LogP contribution >= 0.6 is 15.9 Å². The molecule has 1 N–H and O–H groups in total. The second-order valence-electron chi connectivity index (χ2n) is 5.66. The molecule has 2 rings (SSSR count). The summed E-state index contributed by atoms with van der Waals surface area (Å²) in [6.07, 6.45) is 4.43. The molecule has 0 amide bonds. The summed E-state index contributed by atoms with van der Waals surface area (Å²) >= 11 is 3.52. The molecule has 0 bridgehead atoms. The lowest BCUT2D eigenvalue weighted by Crippen LogP contribution is -2.39. The fraction of sp³-hybridized carbons (Fsp3) is 0.562. The molecule has 0 heterocycles. The summed E-state index contributed by atoms with van der Waals surface area (Å²) in [6.45, 7) is 3.94. The minimum atomic E-state index is -0.793. The summed E-state index contributed by atoms with van der Waals surface area (Å²) in [5.41, 5.74) is 2.04. The maximum Gasteiger partial charge on any atom is 0.314 e. The first-order valence-corrected chi connectivity index (χ1v) is 7.81. The van der Waals surface area contributed by atoms with E-state index in [4.69, 9.17) is 4.74 Å². The SMILES string of the molecule is COc1c(C)c(Br)cc(C)c1C1(C(=O)O)CCCCC1. The van der Waals surface area contributed by atoms with Gasteiger partial charge in [0.25, 0.3) is 0 Å². The highest BCUT2D eigenvalue weighted by Gasteiger charge is 2.44. The molecule has 0 saturated heterocycles. The number of hydrogen-bond acceptors (Lipinski definition) is 2. The van der Waals surface area contributed by atoms with Gasteiger partial charge in [-0.1, -0.05) is 35.2 Å². The first-order valence-electron chi connectivity index (χ1n) is 7.01. The summed E-state index contributed by atoms with van der Waals surface area (Å²) in [7, 11) is 1.62. The van der Waals surface area contributed by atoms with Crippen LogP contribution in [-0.4, -0.2) is 18.2 Å². The number of aryl methyl sites for hydroxylation is 1. The molecule has 1 aliphatic rings. The molecule has 1 aromatic rings. The van der Waals surface area contributed by atoms with Crippen LogP contribution in [0.25, 0.3) is 0 Å². The lowest BCUT2D eigenvalue weighted by Gasteiger charge is -2.36. The van der Waals surface area contributed by atoms with E-state index in [0.717, 1.165) is 46.2 Å². The van der Waals surface area contributed by atoms with Crippen molar-refractivity contribution < 1.29 is 14.6 Å². The molecule has 20 heavy (non-hydrogen) atoms. The van der Waals surface area contributed by atoms with E-state index < -0.39 is 11.4 Å². The Labute approximate surface area is 128 Å². The highest BCUT2D eigenvalue weighted by atomic mass is 79.9. The number of carbonyl (C=O) groups is 1. The summed E-state index contributed by atoms with van der Waals surface area (Å²) in [5, 5.41) is 9.88. The van der Waals surface area contributed by atoms with Crippen LogP contribution in [0.15, 0.2) is 10.5 Å². The Morgan fingerprint density at radius 2 is 1.90 bits per heavy atom. The number of benzene rings is 1. The topological polar surface area (TPSA) is 46.5 Å². The van der Waals surface area contributed by atoms with Crippen LogP contribution in [0.5, 0.6) is 5.75 Å². The number of methoxy groups -OCH3 is 1. The third-order valence-corrected chi connectivity index (χ3v) is 5.29. The van der Waals surface area contributed by atoms with Crippen LogP contribution in [0.4, 0.5) is 0 Å². The predicted molar refractivity (Wildman–Crippen MR) is 82.6 cm³/mol. The van der Waals surface area contributed by atoms with Gasteiger partial charge in [-0.25, -0.2) is 0 Å².